The van der Waals surface area contributed by atoms with Crippen molar-refractivity contribution in [3.8, 4) is 5.75 Å². The first-order valence-corrected chi connectivity index (χ1v) is 6.43. The minimum Gasteiger partial charge on any atom is -0.494 e. The van der Waals surface area contributed by atoms with Crippen molar-refractivity contribution < 1.29 is 27.8 Å². The van der Waals surface area contributed by atoms with E-state index in [4.69, 9.17) is 9.84 Å². The summed E-state index contributed by atoms with van der Waals surface area (Å²) < 4.78 is 41.2. The molecule has 1 saturated carbocycles. The molecule has 2 rings (SSSR count). The van der Waals surface area contributed by atoms with Crippen LogP contribution in [0.3, 0.4) is 0 Å². The van der Waals surface area contributed by atoms with Crippen molar-refractivity contribution in [1.29, 1.82) is 0 Å². The van der Waals surface area contributed by atoms with Crippen LogP contribution >= 0.6 is 0 Å². The van der Waals surface area contributed by atoms with Gasteiger partial charge < -0.3 is 9.84 Å². The fraction of sp³-hybridized carbons (Fsp3) is 0.500. The fourth-order valence-electron chi connectivity index (χ4n) is 2.02. The second-order valence-electron chi connectivity index (χ2n) is 4.90. The summed E-state index contributed by atoms with van der Waals surface area (Å²) in [6, 6.07) is 4.58. The highest BCUT2D eigenvalue weighted by Gasteiger charge is 2.29. The molecule has 20 heavy (non-hydrogen) atoms. The Morgan fingerprint density at radius 1 is 1.35 bits per heavy atom. The second-order valence-corrected chi connectivity index (χ2v) is 4.90. The summed E-state index contributed by atoms with van der Waals surface area (Å²) in [7, 11) is 0. The Balaban J connectivity index is 1.95. The predicted octanol–water partition coefficient (Wildman–Crippen LogP) is 3.98. The highest BCUT2D eigenvalue weighted by molar-refractivity contribution is 5.90. The van der Waals surface area contributed by atoms with Crippen LogP contribution in [0.5, 0.6) is 5.75 Å². The Morgan fingerprint density at radius 3 is 2.60 bits per heavy atom. The Bertz CT molecular complexity index is 493. The largest absolute Gasteiger partial charge is 0.494 e. The van der Waals surface area contributed by atoms with Crippen LogP contribution in [0.25, 0.3) is 0 Å². The standard InChI is InChI=1S/C14H15F3O3/c15-14(16,17)6-1-7-20-10-4-5-11(13(18)19)12(8-10)9-2-3-9/h4-5,8-9H,1-3,6-7H2,(H,18,19). The monoisotopic (exact) mass is 288 g/mol. The molecule has 0 spiro atoms. The number of hydrogen-bond donors (Lipinski definition) is 1. The van der Waals surface area contributed by atoms with Gasteiger partial charge in [0.2, 0.25) is 0 Å². The fourth-order valence-corrected chi connectivity index (χ4v) is 2.02. The zero-order valence-electron chi connectivity index (χ0n) is 10.7. The van der Waals surface area contributed by atoms with E-state index in [0.29, 0.717) is 11.3 Å². The number of carboxylic acid groups (broad SMARTS) is 1. The Hall–Kier alpha value is -1.72. The van der Waals surface area contributed by atoms with Crippen LogP contribution in [0.4, 0.5) is 13.2 Å². The number of alkyl halides is 3. The zero-order chi connectivity index (χ0) is 14.8. The van der Waals surface area contributed by atoms with E-state index in [0.717, 1.165) is 12.8 Å². The average Bonchev–Trinajstić information content (AvgIpc) is 3.17. The molecule has 0 aliphatic heterocycles. The first-order valence-electron chi connectivity index (χ1n) is 6.43. The SMILES string of the molecule is O=C(O)c1ccc(OCCCC(F)(F)F)cc1C1CC1. The third-order valence-corrected chi connectivity index (χ3v) is 3.14. The summed E-state index contributed by atoms with van der Waals surface area (Å²) in [5.74, 6) is -0.325. The van der Waals surface area contributed by atoms with Gasteiger partial charge >= 0.3 is 12.1 Å². The number of rotatable bonds is 6. The lowest BCUT2D eigenvalue weighted by Crippen LogP contribution is -2.10. The van der Waals surface area contributed by atoms with Crippen LogP contribution in [-0.4, -0.2) is 23.9 Å². The first-order chi connectivity index (χ1) is 9.37. The van der Waals surface area contributed by atoms with Crippen molar-refractivity contribution in [2.75, 3.05) is 6.61 Å². The van der Waals surface area contributed by atoms with Crippen molar-refractivity contribution in [2.24, 2.45) is 0 Å². The van der Waals surface area contributed by atoms with Crippen molar-refractivity contribution in [3.63, 3.8) is 0 Å². The molecular weight excluding hydrogens is 273 g/mol. The molecule has 1 aromatic carbocycles. The molecular formula is C14H15F3O3. The van der Waals surface area contributed by atoms with Gasteiger partial charge in [-0.3, -0.25) is 0 Å². The maximum Gasteiger partial charge on any atom is 0.389 e. The Kier molecular flexibility index (Phi) is 4.20. The van der Waals surface area contributed by atoms with Gasteiger partial charge in [0.05, 0.1) is 12.2 Å². The molecule has 1 aromatic rings. The van der Waals surface area contributed by atoms with Gasteiger partial charge in [-0.15, -0.1) is 0 Å². The highest BCUT2D eigenvalue weighted by Crippen LogP contribution is 2.42. The van der Waals surface area contributed by atoms with Crippen LogP contribution in [0.1, 0.15) is 47.5 Å². The summed E-state index contributed by atoms with van der Waals surface area (Å²) in [4.78, 5) is 11.1. The number of halogens is 3. The Morgan fingerprint density at radius 2 is 2.05 bits per heavy atom. The van der Waals surface area contributed by atoms with E-state index in [1.807, 2.05) is 0 Å². The molecule has 0 bridgehead atoms. The summed E-state index contributed by atoms with van der Waals surface area (Å²) >= 11 is 0. The molecule has 1 N–H and O–H groups in total. The zero-order valence-corrected chi connectivity index (χ0v) is 10.7. The molecule has 1 aliphatic carbocycles. The second kappa shape index (κ2) is 5.73. The lowest BCUT2D eigenvalue weighted by molar-refractivity contribution is -0.136. The first kappa shape index (κ1) is 14.7. The van der Waals surface area contributed by atoms with Gasteiger partial charge in [0.15, 0.2) is 0 Å². The minimum absolute atomic E-state index is 0.0317. The third kappa shape index (κ3) is 4.15. The van der Waals surface area contributed by atoms with Gasteiger partial charge in [-0.25, -0.2) is 4.79 Å². The van der Waals surface area contributed by atoms with Gasteiger partial charge in [-0.2, -0.15) is 13.2 Å². The molecule has 0 heterocycles. The number of benzene rings is 1. The van der Waals surface area contributed by atoms with E-state index in [2.05, 4.69) is 0 Å². The van der Waals surface area contributed by atoms with Gasteiger partial charge in [-0.1, -0.05) is 0 Å². The van der Waals surface area contributed by atoms with Crippen molar-refractivity contribution >= 4 is 5.97 Å². The molecule has 6 heteroatoms. The summed E-state index contributed by atoms with van der Waals surface area (Å²) in [5.41, 5.74) is 0.959. The van der Waals surface area contributed by atoms with Gasteiger partial charge in [0, 0.05) is 6.42 Å². The quantitative estimate of drug-likeness (QED) is 0.805. The van der Waals surface area contributed by atoms with Crippen LogP contribution in [0.15, 0.2) is 18.2 Å². The van der Waals surface area contributed by atoms with Crippen LogP contribution in [0, 0.1) is 0 Å². The number of carboxylic acids is 1. The van der Waals surface area contributed by atoms with E-state index in [1.165, 1.54) is 12.1 Å². The maximum absolute atomic E-state index is 12.0. The van der Waals surface area contributed by atoms with Gasteiger partial charge in [-0.05, 0) is 48.9 Å². The molecule has 1 fully saturated rings. The average molecular weight is 288 g/mol. The number of hydrogen-bond acceptors (Lipinski definition) is 2. The van der Waals surface area contributed by atoms with Crippen molar-refractivity contribution in [3.05, 3.63) is 29.3 Å². The van der Waals surface area contributed by atoms with Crippen molar-refractivity contribution in [1.82, 2.24) is 0 Å². The molecule has 0 radical (unpaired) electrons. The lowest BCUT2D eigenvalue weighted by atomic mass is 10.0. The molecule has 110 valence electrons. The molecule has 0 saturated heterocycles. The maximum atomic E-state index is 12.0. The van der Waals surface area contributed by atoms with E-state index in [9.17, 15) is 18.0 Å². The topological polar surface area (TPSA) is 46.5 Å². The number of aromatic carboxylic acids is 1. The van der Waals surface area contributed by atoms with Crippen LogP contribution in [-0.2, 0) is 0 Å². The van der Waals surface area contributed by atoms with E-state index < -0.39 is 18.6 Å². The van der Waals surface area contributed by atoms with Crippen LogP contribution in [0.2, 0.25) is 0 Å². The Labute approximate surface area is 114 Å². The lowest BCUT2D eigenvalue weighted by Gasteiger charge is -2.11. The van der Waals surface area contributed by atoms with Crippen molar-refractivity contribution in [2.45, 2.75) is 37.8 Å². The molecule has 0 aromatic heterocycles. The van der Waals surface area contributed by atoms with E-state index in [-0.39, 0.29) is 24.5 Å². The molecule has 1 aliphatic rings. The minimum atomic E-state index is -4.17. The summed E-state index contributed by atoms with van der Waals surface area (Å²) in [6.45, 7) is -0.0317. The molecule has 0 unspecified atom stereocenters. The van der Waals surface area contributed by atoms with Gasteiger partial charge in [0.25, 0.3) is 0 Å². The smallest absolute Gasteiger partial charge is 0.389 e. The normalized spacial score (nSPS) is 15.2. The molecule has 3 nitrogen and oxygen atoms in total. The van der Waals surface area contributed by atoms with E-state index in [1.54, 1.807) is 6.07 Å². The van der Waals surface area contributed by atoms with Crippen LogP contribution < -0.4 is 4.74 Å². The van der Waals surface area contributed by atoms with Gasteiger partial charge in [0.1, 0.15) is 5.75 Å². The predicted molar refractivity (Wildman–Crippen MR) is 66.2 cm³/mol. The molecule has 0 atom stereocenters. The number of ether oxygens (including phenoxy) is 1. The summed E-state index contributed by atoms with van der Waals surface area (Å²) in [5, 5.41) is 9.07. The summed E-state index contributed by atoms with van der Waals surface area (Å²) in [6.07, 6.45) is -3.27. The van der Waals surface area contributed by atoms with E-state index >= 15 is 0 Å². The number of carbonyl (C=O) groups is 1. The highest BCUT2D eigenvalue weighted by atomic mass is 19.4. The third-order valence-electron chi connectivity index (χ3n) is 3.14. The molecule has 0 amide bonds.